The summed E-state index contributed by atoms with van der Waals surface area (Å²) >= 11 is 0. The highest BCUT2D eigenvalue weighted by Gasteiger charge is 2.63. The van der Waals surface area contributed by atoms with Crippen LogP contribution in [0.2, 0.25) is 0 Å². The molecule has 1 amide bonds. The minimum Gasteiger partial charge on any atom is -0.507 e. The number of nitrogens with one attached hydrogen (secondary N) is 1. The Balaban J connectivity index is 1.24. The van der Waals surface area contributed by atoms with E-state index in [1.54, 1.807) is 101 Å². The van der Waals surface area contributed by atoms with Gasteiger partial charge < -0.3 is 93.0 Å². The average Bonchev–Trinajstić information content (AvgIpc) is 3.72. The van der Waals surface area contributed by atoms with Gasteiger partial charge in [0.2, 0.25) is 11.7 Å². The molecule has 0 bridgehead atoms. The molecule has 4 aliphatic heterocycles. The molecular formula is C59H88N2O20. The van der Waals surface area contributed by atoms with Crippen LogP contribution in [0.5, 0.6) is 5.75 Å². The number of aliphatic hydroxyl groups excluding tert-OH is 5. The molecule has 22 heteroatoms. The lowest BCUT2D eigenvalue weighted by atomic mass is 9.70. The van der Waals surface area contributed by atoms with Crippen LogP contribution >= 0.6 is 0 Å². The van der Waals surface area contributed by atoms with Gasteiger partial charge in [0.05, 0.1) is 42.5 Å². The molecule has 454 valence electrons. The predicted molar refractivity (Wildman–Crippen MR) is 296 cm³/mol. The molecule has 21 atom stereocenters. The number of amides is 1. The topological polar surface area (TPSA) is 302 Å². The second-order valence-corrected chi connectivity index (χ2v) is 21.7. The van der Waals surface area contributed by atoms with E-state index in [2.05, 4.69) is 5.32 Å². The monoisotopic (exact) mass is 1140 g/mol. The molecule has 0 spiro atoms. The molecule has 4 aliphatic rings. The number of methoxy groups -OCH3 is 4. The van der Waals surface area contributed by atoms with Gasteiger partial charge in [-0.25, -0.2) is 0 Å². The summed E-state index contributed by atoms with van der Waals surface area (Å²) in [7, 11) is 7.22. The van der Waals surface area contributed by atoms with E-state index in [0.717, 1.165) is 5.57 Å². The van der Waals surface area contributed by atoms with Crippen molar-refractivity contribution in [3.63, 3.8) is 0 Å². The van der Waals surface area contributed by atoms with Crippen LogP contribution in [0.25, 0.3) is 0 Å². The van der Waals surface area contributed by atoms with E-state index < -0.39 is 156 Å². The number of pyridine rings is 1. The van der Waals surface area contributed by atoms with E-state index in [4.69, 9.17) is 47.4 Å². The minimum absolute atomic E-state index is 0.000641. The molecule has 1 aromatic heterocycles. The smallest absolute Gasteiger partial charge is 0.265 e. The zero-order valence-electron chi connectivity index (χ0n) is 48.9. The zero-order chi connectivity index (χ0) is 60.3. The minimum atomic E-state index is -2.53. The Morgan fingerprint density at radius 1 is 0.802 bits per heavy atom. The van der Waals surface area contributed by atoms with Gasteiger partial charge in [-0.15, -0.1) is 0 Å². The van der Waals surface area contributed by atoms with Crippen molar-refractivity contribution in [2.45, 2.75) is 185 Å². The summed E-state index contributed by atoms with van der Waals surface area (Å²) in [6, 6.07) is 1.27. The number of carbonyl (C=O) groups excluding carboxylic acids is 2. The number of aryl methyl sites for hydroxylation is 1. The molecule has 0 unspecified atom stereocenters. The van der Waals surface area contributed by atoms with Gasteiger partial charge in [-0.1, -0.05) is 101 Å². The number of hydrogen-bond donors (Lipinski definition) is 8. The molecule has 81 heavy (non-hydrogen) atoms. The van der Waals surface area contributed by atoms with Crippen LogP contribution in [0.3, 0.4) is 0 Å². The Morgan fingerprint density at radius 3 is 2.07 bits per heavy atom. The number of ether oxygens (including phenoxy) is 10. The number of allylic oxidation sites excluding steroid dienone is 10. The first-order chi connectivity index (χ1) is 38.3. The second-order valence-electron chi connectivity index (χ2n) is 21.7. The number of aromatic hydroxyl groups is 1. The number of carbonyl (C=O) groups is 2. The SMILES string of the molecule is C/C=C\C=C\[C@@H]1O[C@](O)([C@H](CC)C(=O)NC/C=C/C=C(\C)[C@@H](OC)[C@@H](C)[C@@H]2O[C@H](\C=C/C=C/C=C(\C)C(=O)c3c(O)ccn(C)c3=O)[C@H](O)[C@@H]2O)[C@H](O)[C@H](O[C@@H]2O[C@H](C)[C@@H](O[C@@H]3O[C@@H](C)[C@H](OC)[C@@H](O)[C@H]3OC)[C@@H](OC)[C@@H]2O)C1(C)C. The number of hydrogen-bond acceptors (Lipinski definition) is 20. The van der Waals surface area contributed by atoms with E-state index in [1.807, 2.05) is 20.8 Å². The Kier molecular flexibility index (Phi) is 24.7. The maximum atomic E-state index is 14.1. The summed E-state index contributed by atoms with van der Waals surface area (Å²) in [5.74, 6) is -6.00. The first-order valence-corrected chi connectivity index (χ1v) is 27.4. The van der Waals surface area contributed by atoms with Gasteiger partial charge in [0.1, 0.15) is 72.4 Å². The van der Waals surface area contributed by atoms with Crippen molar-refractivity contribution in [3.8, 4) is 5.75 Å². The molecule has 8 N–H and O–H groups in total. The highest BCUT2D eigenvalue weighted by atomic mass is 16.8. The molecule has 1 aromatic rings. The molecular weight excluding hydrogens is 1060 g/mol. The van der Waals surface area contributed by atoms with Crippen molar-refractivity contribution in [1.29, 1.82) is 0 Å². The summed E-state index contributed by atoms with van der Waals surface area (Å²) in [6.07, 6.45) is 1.89. The Labute approximate surface area is 474 Å². The Hall–Kier alpha value is -4.57. The number of ketones is 1. The molecule has 0 aliphatic carbocycles. The van der Waals surface area contributed by atoms with Crippen molar-refractivity contribution >= 4 is 11.7 Å². The van der Waals surface area contributed by atoms with Gasteiger partial charge in [0, 0.05) is 59.6 Å². The number of aliphatic hydroxyl groups is 6. The van der Waals surface area contributed by atoms with Gasteiger partial charge in [-0.2, -0.15) is 0 Å². The van der Waals surface area contributed by atoms with E-state index in [1.165, 1.54) is 65.3 Å². The summed E-state index contributed by atoms with van der Waals surface area (Å²) < 4.78 is 61.5. The fraction of sp³-hybridized carbons (Fsp3) is 0.644. The maximum Gasteiger partial charge on any atom is 0.265 e. The second kappa shape index (κ2) is 29.8. The standard InChI is InChI=1S/C59H88N2O20/c1-15-17-19-27-39-58(8,9)53(80-56-45(67)50(74-13)49(35(7)76-56)79-57-51(75-14)44(66)48(73-12)34(6)77-57)52(68)59(71,81-39)36(16-2)54(69)60-29-23-22-25-32(4)46(72-11)33(5)47-43(65)42(64)38(78-47)26-21-18-20-24-31(3)41(63)40-37(62)28-30-61(10)55(40)70/h15,17-28,30,33-36,38-39,42-53,56-57,62,64-68,71H,16,29H2,1-14H3,(H,60,69)/b17-15-,20-18+,23-22+,26-21-,27-19+,31-24+,32-25+/t33-,34+,35-,36-,38-,39+,42+,43+,44-,45+,46-,47+,48+,49-,50+,51-,52-,53+,56+,57+,59-/m1/s1. The van der Waals surface area contributed by atoms with Crippen LogP contribution in [0.4, 0.5) is 0 Å². The Morgan fingerprint density at radius 2 is 1.44 bits per heavy atom. The third-order valence-electron chi connectivity index (χ3n) is 15.8. The van der Waals surface area contributed by atoms with Crippen molar-refractivity contribution in [2.75, 3.05) is 35.0 Å². The van der Waals surface area contributed by atoms with Crippen LogP contribution < -0.4 is 10.9 Å². The van der Waals surface area contributed by atoms with E-state index in [-0.39, 0.29) is 24.1 Å². The number of Topliss-reactive ketones (excluding diaryl/α,β-unsaturated/α-hetero) is 1. The quantitative estimate of drug-likeness (QED) is 0.0419. The van der Waals surface area contributed by atoms with E-state index in [9.17, 15) is 50.1 Å². The van der Waals surface area contributed by atoms with Crippen LogP contribution in [-0.4, -0.2) is 203 Å². The van der Waals surface area contributed by atoms with Crippen LogP contribution in [0.1, 0.15) is 79.1 Å². The largest absolute Gasteiger partial charge is 0.507 e. The number of rotatable bonds is 24. The van der Waals surface area contributed by atoms with Crippen LogP contribution in [0, 0.1) is 17.3 Å². The first-order valence-electron chi connectivity index (χ1n) is 27.4. The Bertz CT molecular complexity index is 2520. The molecule has 4 saturated heterocycles. The summed E-state index contributed by atoms with van der Waals surface area (Å²) in [4.78, 5) is 39.4. The molecule has 0 aromatic carbocycles. The van der Waals surface area contributed by atoms with Gasteiger partial charge in [-0.3, -0.25) is 14.4 Å². The molecule has 0 saturated carbocycles. The van der Waals surface area contributed by atoms with Gasteiger partial charge in [0.15, 0.2) is 18.4 Å². The first kappa shape index (κ1) is 67.2. The molecule has 0 radical (unpaired) electrons. The fourth-order valence-electron chi connectivity index (χ4n) is 11.0. The van der Waals surface area contributed by atoms with Crippen LogP contribution in [-0.2, 0) is 59.2 Å². The van der Waals surface area contributed by atoms with Gasteiger partial charge >= 0.3 is 0 Å². The van der Waals surface area contributed by atoms with E-state index >= 15 is 0 Å². The highest BCUT2D eigenvalue weighted by Crippen LogP contribution is 2.47. The maximum absolute atomic E-state index is 14.1. The molecule has 5 heterocycles. The zero-order valence-corrected chi connectivity index (χ0v) is 48.9. The lowest BCUT2D eigenvalue weighted by Gasteiger charge is -2.55. The fourth-order valence-corrected chi connectivity index (χ4v) is 11.0. The third kappa shape index (κ3) is 15.0. The lowest BCUT2D eigenvalue weighted by molar-refractivity contribution is -0.399. The van der Waals surface area contributed by atoms with Crippen LogP contribution in [0.15, 0.2) is 101 Å². The third-order valence-corrected chi connectivity index (χ3v) is 15.8. The highest BCUT2D eigenvalue weighted by molar-refractivity contribution is 6.09. The lowest BCUT2D eigenvalue weighted by Crippen LogP contribution is -2.71. The molecule has 5 rings (SSSR count). The van der Waals surface area contributed by atoms with Crippen molar-refractivity contribution in [3.05, 3.63) is 112 Å². The molecule has 4 fully saturated rings. The number of aromatic nitrogens is 1. The normalized spacial score (nSPS) is 36.3. The summed E-state index contributed by atoms with van der Waals surface area (Å²) in [6.45, 7) is 15.6. The predicted octanol–water partition coefficient (Wildman–Crippen LogP) is 2.75. The van der Waals surface area contributed by atoms with Crippen molar-refractivity contribution < 1.29 is 92.7 Å². The van der Waals surface area contributed by atoms with Crippen molar-refractivity contribution in [2.24, 2.45) is 24.3 Å². The van der Waals surface area contributed by atoms with Gasteiger partial charge in [0.25, 0.3) is 5.56 Å². The summed E-state index contributed by atoms with van der Waals surface area (Å²) in [5.41, 5.74) is -1.14. The van der Waals surface area contributed by atoms with Crippen molar-refractivity contribution in [1.82, 2.24) is 9.88 Å². The molecule has 22 nitrogen and oxygen atoms in total. The van der Waals surface area contributed by atoms with E-state index in [0.29, 0.717) is 0 Å². The number of nitrogens with zero attached hydrogens (tertiary/aromatic N) is 1. The summed E-state index contributed by atoms with van der Waals surface area (Å²) in [5, 5.41) is 82.6. The average molecular weight is 1150 g/mol. The van der Waals surface area contributed by atoms with Gasteiger partial charge in [-0.05, 0) is 58.3 Å².